The lowest BCUT2D eigenvalue weighted by Crippen LogP contribution is -2.21. The van der Waals surface area contributed by atoms with Gasteiger partial charge in [-0.05, 0) is 17.7 Å². The topological polar surface area (TPSA) is 54.4 Å². The first kappa shape index (κ1) is 13.0. The number of aliphatic hydroxyl groups excluding tert-OH is 1. The average molecular weight is 314 g/mol. The maximum atomic E-state index is 11.2. The van der Waals surface area contributed by atoms with Gasteiger partial charge in [0.05, 0.1) is 0 Å². The number of hydrogen-bond donors (Lipinski definition) is 1. The van der Waals surface area contributed by atoms with Gasteiger partial charge in [-0.25, -0.2) is 8.42 Å². The molecule has 6 heteroatoms. The fourth-order valence-corrected chi connectivity index (χ4v) is 2.10. The Kier molecular flexibility index (Phi) is 4.17. The molecule has 0 radical (unpaired) electrons. The molecule has 0 aliphatic rings. The van der Waals surface area contributed by atoms with Crippen LogP contribution in [0.3, 0.4) is 0 Å². The van der Waals surface area contributed by atoms with Crippen LogP contribution >= 0.6 is 27.5 Å². The van der Waals surface area contributed by atoms with Gasteiger partial charge in [0.2, 0.25) is 0 Å². The lowest BCUT2D eigenvalue weighted by molar-refractivity contribution is 0.195. The SMILES string of the molecule is CS(=O)(=O)[C@@H](Br)[C@H](O)c1ccc(Cl)cc1. The fourth-order valence-electron chi connectivity index (χ4n) is 1.05. The maximum Gasteiger partial charge on any atom is 0.163 e. The van der Waals surface area contributed by atoms with Crippen molar-refractivity contribution in [1.29, 1.82) is 0 Å². The first-order chi connectivity index (χ1) is 6.82. The van der Waals surface area contributed by atoms with Gasteiger partial charge in [-0.1, -0.05) is 39.7 Å². The van der Waals surface area contributed by atoms with E-state index >= 15 is 0 Å². The summed E-state index contributed by atoms with van der Waals surface area (Å²) in [4.78, 5) is 0. The van der Waals surface area contributed by atoms with E-state index in [4.69, 9.17) is 11.6 Å². The zero-order chi connectivity index (χ0) is 11.6. The van der Waals surface area contributed by atoms with E-state index in [9.17, 15) is 13.5 Å². The van der Waals surface area contributed by atoms with Crippen LogP contribution in [0.25, 0.3) is 0 Å². The van der Waals surface area contributed by atoms with Gasteiger partial charge in [-0.15, -0.1) is 0 Å². The lowest BCUT2D eigenvalue weighted by atomic mass is 10.1. The van der Waals surface area contributed by atoms with Crippen molar-refractivity contribution in [2.45, 2.75) is 10.3 Å². The Labute approximate surface area is 102 Å². The summed E-state index contributed by atoms with van der Waals surface area (Å²) < 4.78 is 21.4. The van der Waals surface area contributed by atoms with E-state index in [-0.39, 0.29) is 0 Å². The highest BCUT2D eigenvalue weighted by Crippen LogP contribution is 2.26. The minimum absolute atomic E-state index is 0.506. The molecule has 1 aromatic rings. The molecule has 15 heavy (non-hydrogen) atoms. The molecule has 1 rings (SSSR count). The summed E-state index contributed by atoms with van der Waals surface area (Å²) in [5.74, 6) is 0. The van der Waals surface area contributed by atoms with Gasteiger partial charge in [-0.2, -0.15) is 0 Å². The van der Waals surface area contributed by atoms with E-state index in [0.29, 0.717) is 10.6 Å². The summed E-state index contributed by atoms with van der Waals surface area (Å²) in [5, 5.41) is 10.3. The Morgan fingerprint density at radius 3 is 2.20 bits per heavy atom. The zero-order valence-corrected chi connectivity index (χ0v) is 11.1. The first-order valence-corrected chi connectivity index (χ1v) is 7.33. The van der Waals surface area contributed by atoms with Crippen LogP contribution in [-0.2, 0) is 9.84 Å². The summed E-state index contributed by atoms with van der Waals surface area (Å²) in [7, 11) is -3.33. The molecule has 0 heterocycles. The normalized spacial score (nSPS) is 16.0. The predicted molar refractivity (Wildman–Crippen MR) is 64.0 cm³/mol. The quantitative estimate of drug-likeness (QED) is 0.870. The molecular weight excluding hydrogens is 304 g/mol. The van der Waals surface area contributed by atoms with Crippen molar-refractivity contribution < 1.29 is 13.5 Å². The fraction of sp³-hybridized carbons (Fsp3) is 0.333. The molecule has 1 N–H and O–H groups in total. The summed E-state index contributed by atoms with van der Waals surface area (Å²) >= 11 is 8.62. The first-order valence-electron chi connectivity index (χ1n) is 4.09. The predicted octanol–water partition coefficient (Wildman–Crippen LogP) is 2.14. The molecule has 84 valence electrons. The minimum atomic E-state index is -3.33. The number of alkyl halides is 1. The van der Waals surface area contributed by atoms with Gasteiger partial charge >= 0.3 is 0 Å². The molecule has 3 nitrogen and oxygen atoms in total. The molecule has 0 fully saturated rings. The second-order valence-electron chi connectivity index (χ2n) is 3.18. The summed E-state index contributed by atoms with van der Waals surface area (Å²) in [6.07, 6.45) is -0.0387. The van der Waals surface area contributed by atoms with Crippen LogP contribution in [0.5, 0.6) is 0 Å². The standard InChI is InChI=1S/C9H10BrClO3S/c1-15(13,14)9(10)8(12)6-2-4-7(11)5-3-6/h2-5,8-9,12H,1H3/t8-,9-/m1/s1. The van der Waals surface area contributed by atoms with E-state index in [1.54, 1.807) is 24.3 Å². The van der Waals surface area contributed by atoms with Crippen molar-refractivity contribution in [2.24, 2.45) is 0 Å². The maximum absolute atomic E-state index is 11.2. The Hall–Kier alpha value is -0.100. The van der Waals surface area contributed by atoms with Crippen LogP contribution in [0.2, 0.25) is 5.02 Å². The molecule has 0 aromatic heterocycles. The molecule has 2 atom stereocenters. The van der Waals surface area contributed by atoms with Crippen molar-refractivity contribution >= 4 is 37.4 Å². The highest BCUT2D eigenvalue weighted by Gasteiger charge is 2.27. The van der Waals surface area contributed by atoms with Gasteiger partial charge in [0.25, 0.3) is 0 Å². The van der Waals surface area contributed by atoms with Crippen molar-refractivity contribution in [2.75, 3.05) is 6.26 Å². The monoisotopic (exact) mass is 312 g/mol. The van der Waals surface area contributed by atoms with Crippen molar-refractivity contribution in [3.8, 4) is 0 Å². The number of rotatable bonds is 3. The van der Waals surface area contributed by atoms with Gasteiger partial charge in [0, 0.05) is 11.3 Å². The molecule has 1 aromatic carbocycles. The van der Waals surface area contributed by atoms with Crippen molar-refractivity contribution in [3.05, 3.63) is 34.9 Å². The summed E-state index contributed by atoms with van der Waals surface area (Å²) in [6.45, 7) is 0. The third-order valence-corrected chi connectivity index (χ3v) is 5.73. The molecule has 0 amide bonds. The molecule has 0 aliphatic heterocycles. The van der Waals surface area contributed by atoms with E-state index < -0.39 is 20.1 Å². The molecule has 0 saturated heterocycles. The Balaban J connectivity index is 2.95. The highest BCUT2D eigenvalue weighted by atomic mass is 79.9. The van der Waals surface area contributed by atoms with E-state index in [0.717, 1.165) is 6.26 Å². The van der Waals surface area contributed by atoms with Crippen LogP contribution < -0.4 is 0 Å². The molecule has 0 bridgehead atoms. The van der Waals surface area contributed by atoms with Gasteiger partial charge in [0.1, 0.15) is 10.3 Å². The van der Waals surface area contributed by atoms with Gasteiger partial charge < -0.3 is 5.11 Å². The van der Waals surface area contributed by atoms with Crippen LogP contribution in [-0.4, -0.2) is 23.9 Å². The van der Waals surface area contributed by atoms with E-state index in [1.165, 1.54) is 0 Å². The van der Waals surface area contributed by atoms with Crippen LogP contribution in [0.4, 0.5) is 0 Å². The molecule has 0 saturated carbocycles. The van der Waals surface area contributed by atoms with Gasteiger partial charge in [-0.3, -0.25) is 0 Å². The smallest absolute Gasteiger partial charge is 0.163 e. The van der Waals surface area contributed by atoms with Crippen LogP contribution in [0.1, 0.15) is 11.7 Å². The second kappa shape index (κ2) is 4.82. The third kappa shape index (κ3) is 3.45. The van der Waals surface area contributed by atoms with Crippen molar-refractivity contribution in [1.82, 2.24) is 0 Å². The molecular formula is C9H10BrClO3S. The lowest BCUT2D eigenvalue weighted by Gasteiger charge is -2.15. The van der Waals surface area contributed by atoms with E-state index in [2.05, 4.69) is 15.9 Å². The van der Waals surface area contributed by atoms with Crippen LogP contribution in [0, 0.1) is 0 Å². The number of sulfone groups is 1. The molecule has 0 unspecified atom stereocenters. The zero-order valence-electron chi connectivity index (χ0n) is 7.89. The number of aliphatic hydroxyl groups is 1. The van der Waals surface area contributed by atoms with Gasteiger partial charge in [0.15, 0.2) is 9.84 Å². The Bertz CT molecular complexity index is 429. The second-order valence-corrected chi connectivity index (χ2v) is 7.37. The largest absolute Gasteiger partial charge is 0.386 e. The minimum Gasteiger partial charge on any atom is -0.386 e. The summed E-state index contributed by atoms with van der Waals surface area (Å²) in [5.41, 5.74) is 0.506. The van der Waals surface area contributed by atoms with Crippen molar-refractivity contribution in [3.63, 3.8) is 0 Å². The summed E-state index contributed by atoms with van der Waals surface area (Å²) in [6, 6.07) is 6.38. The molecule has 0 spiro atoms. The number of benzene rings is 1. The third-order valence-electron chi connectivity index (χ3n) is 1.87. The average Bonchev–Trinajstić information content (AvgIpc) is 2.15. The number of halogens is 2. The number of hydrogen-bond acceptors (Lipinski definition) is 3. The molecule has 0 aliphatic carbocycles. The van der Waals surface area contributed by atoms with E-state index in [1.807, 2.05) is 0 Å². The Morgan fingerprint density at radius 2 is 1.80 bits per heavy atom. The van der Waals surface area contributed by atoms with Crippen LogP contribution in [0.15, 0.2) is 24.3 Å². The highest BCUT2D eigenvalue weighted by molar-refractivity contribution is 9.11. The Morgan fingerprint density at radius 1 is 1.33 bits per heavy atom.